The van der Waals surface area contributed by atoms with Gasteiger partial charge >= 0.3 is 0 Å². The summed E-state index contributed by atoms with van der Waals surface area (Å²) in [6.45, 7) is 2.21. The highest BCUT2D eigenvalue weighted by Crippen LogP contribution is 2.13. The Morgan fingerprint density at radius 2 is 2.30 bits per heavy atom. The molecule has 58 valence electrons. The van der Waals surface area contributed by atoms with Gasteiger partial charge in [0.1, 0.15) is 6.23 Å². The molecule has 1 heterocycles. The second-order valence-electron chi connectivity index (χ2n) is 2.69. The Hall–Kier alpha value is -0.570. The van der Waals surface area contributed by atoms with Gasteiger partial charge in [-0.25, -0.2) is 0 Å². The topological polar surface area (TPSA) is 40.5 Å². The molecule has 0 aromatic heterocycles. The fourth-order valence-corrected chi connectivity index (χ4v) is 1.28. The average Bonchev–Trinajstić information content (AvgIpc) is 1.88. The minimum atomic E-state index is -0.522. The van der Waals surface area contributed by atoms with Crippen LogP contribution in [0.3, 0.4) is 0 Å². The number of hydrogen-bond acceptors (Lipinski definition) is 2. The van der Waals surface area contributed by atoms with E-state index < -0.39 is 6.23 Å². The van der Waals surface area contributed by atoms with Crippen LogP contribution < -0.4 is 0 Å². The Morgan fingerprint density at radius 3 is 2.70 bits per heavy atom. The van der Waals surface area contributed by atoms with E-state index in [0.717, 1.165) is 25.8 Å². The SMILES string of the molecule is CC(=O)N1CCCCC1O. The highest BCUT2D eigenvalue weighted by atomic mass is 16.3. The molecule has 0 aromatic carbocycles. The zero-order valence-electron chi connectivity index (χ0n) is 6.21. The molecule has 1 N–H and O–H groups in total. The minimum Gasteiger partial charge on any atom is -0.374 e. The monoisotopic (exact) mass is 143 g/mol. The van der Waals surface area contributed by atoms with Crippen LogP contribution in [-0.4, -0.2) is 28.7 Å². The molecule has 1 aliphatic rings. The minimum absolute atomic E-state index is 0.0211. The van der Waals surface area contributed by atoms with Crippen molar-refractivity contribution in [3.05, 3.63) is 0 Å². The fraction of sp³-hybridized carbons (Fsp3) is 0.857. The predicted molar refractivity (Wildman–Crippen MR) is 37.2 cm³/mol. The van der Waals surface area contributed by atoms with Crippen LogP contribution >= 0.6 is 0 Å². The molecule has 0 aromatic rings. The summed E-state index contributed by atoms with van der Waals surface area (Å²) in [6.07, 6.45) is 2.27. The molecule has 0 bridgehead atoms. The van der Waals surface area contributed by atoms with Gasteiger partial charge in [-0.3, -0.25) is 4.79 Å². The van der Waals surface area contributed by atoms with Crippen LogP contribution in [0.4, 0.5) is 0 Å². The van der Waals surface area contributed by atoms with Gasteiger partial charge in [-0.15, -0.1) is 0 Å². The Bertz CT molecular complexity index is 136. The van der Waals surface area contributed by atoms with Gasteiger partial charge in [0.25, 0.3) is 0 Å². The molecule has 1 rings (SSSR count). The summed E-state index contributed by atoms with van der Waals surface area (Å²) in [5.41, 5.74) is 0. The number of aliphatic hydroxyl groups excluding tert-OH is 1. The van der Waals surface area contributed by atoms with Crippen molar-refractivity contribution < 1.29 is 9.90 Å². The number of aliphatic hydroxyl groups is 1. The van der Waals surface area contributed by atoms with E-state index in [1.54, 1.807) is 0 Å². The van der Waals surface area contributed by atoms with E-state index >= 15 is 0 Å². The van der Waals surface area contributed by atoms with E-state index in [1.807, 2.05) is 0 Å². The molecule has 0 spiro atoms. The lowest BCUT2D eigenvalue weighted by Gasteiger charge is -2.30. The molecule has 1 amide bonds. The van der Waals surface area contributed by atoms with Crippen LogP contribution in [0.25, 0.3) is 0 Å². The number of likely N-dealkylation sites (tertiary alicyclic amines) is 1. The highest BCUT2D eigenvalue weighted by Gasteiger charge is 2.21. The largest absolute Gasteiger partial charge is 0.374 e. The molecule has 1 unspecified atom stereocenters. The van der Waals surface area contributed by atoms with Gasteiger partial charge in [-0.2, -0.15) is 0 Å². The lowest BCUT2D eigenvalue weighted by Crippen LogP contribution is -2.42. The van der Waals surface area contributed by atoms with Crippen LogP contribution in [0.5, 0.6) is 0 Å². The van der Waals surface area contributed by atoms with Crippen LogP contribution in [0, 0.1) is 0 Å². The van der Waals surface area contributed by atoms with Crippen LogP contribution in [-0.2, 0) is 4.79 Å². The molecule has 1 atom stereocenters. The first-order chi connectivity index (χ1) is 4.72. The van der Waals surface area contributed by atoms with Crippen molar-refractivity contribution in [1.82, 2.24) is 4.90 Å². The molecule has 3 nitrogen and oxygen atoms in total. The summed E-state index contributed by atoms with van der Waals surface area (Å²) in [5, 5.41) is 9.24. The van der Waals surface area contributed by atoms with Gasteiger partial charge in [-0.05, 0) is 19.3 Å². The maximum atomic E-state index is 10.8. The number of amides is 1. The predicted octanol–water partition coefficient (Wildman–Crippen LogP) is 0.337. The number of hydrogen-bond donors (Lipinski definition) is 1. The molecular formula is C7H13NO2. The number of carbonyl (C=O) groups excluding carboxylic acids is 1. The summed E-state index contributed by atoms with van der Waals surface area (Å²) in [4.78, 5) is 12.3. The van der Waals surface area contributed by atoms with Crippen molar-refractivity contribution in [2.45, 2.75) is 32.4 Å². The maximum Gasteiger partial charge on any atom is 0.221 e. The fourth-order valence-electron chi connectivity index (χ4n) is 1.28. The van der Waals surface area contributed by atoms with Gasteiger partial charge < -0.3 is 10.0 Å². The molecule has 0 radical (unpaired) electrons. The van der Waals surface area contributed by atoms with Gasteiger partial charge in [0.05, 0.1) is 0 Å². The van der Waals surface area contributed by atoms with Crippen molar-refractivity contribution in [3.8, 4) is 0 Å². The molecule has 0 saturated carbocycles. The Morgan fingerprint density at radius 1 is 1.60 bits per heavy atom. The molecule has 10 heavy (non-hydrogen) atoms. The summed E-state index contributed by atoms with van der Waals surface area (Å²) in [7, 11) is 0. The zero-order chi connectivity index (χ0) is 7.56. The number of piperidine rings is 1. The average molecular weight is 143 g/mol. The molecular weight excluding hydrogens is 130 g/mol. The van der Waals surface area contributed by atoms with Crippen molar-refractivity contribution >= 4 is 5.91 Å². The first kappa shape index (κ1) is 7.54. The van der Waals surface area contributed by atoms with Crippen LogP contribution in [0.2, 0.25) is 0 Å². The Labute approximate surface area is 60.6 Å². The molecule has 1 fully saturated rings. The molecule has 0 aliphatic carbocycles. The van der Waals surface area contributed by atoms with E-state index in [4.69, 9.17) is 0 Å². The third kappa shape index (κ3) is 1.48. The lowest BCUT2D eigenvalue weighted by atomic mass is 10.1. The first-order valence-corrected chi connectivity index (χ1v) is 3.67. The van der Waals surface area contributed by atoms with Crippen molar-refractivity contribution in [2.75, 3.05) is 6.54 Å². The summed E-state index contributed by atoms with van der Waals surface area (Å²) >= 11 is 0. The number of carbonyl (C=O) groups is 1. The van der Waals surface area contributed by atoms with Gasteiger partial charge in [-0.1, -0.05) is 0 Å². The molecule has 1 aliphatic heterocycles. The third-order valence-corrected chi connectivity index (χ3v) is 1.88. The van der Waals surface area contributed by atoms with Crippen molar-refractivity contribution in [3.63, 3.8) is 0 Å². The van der Waals surface area contributed by atoms with Crippen LogP contribution in [0.15, 0.2) is 0 Å². The second-order valence-corrected chi connectivity index (χ2v) is 2.69. The first-order valence-electron chi connectivity index (χ1n) is 3.67. The second kappa shape index (κ2) is 3.01. The number of nitrogens with zero attached hydrogens (tertiary/aromatic N) is 1. The van der Waals surface area contributed by atoms with Gasteiger partial charge in [0.2, 0.25) is 5.91 Å². The van der Waals surface area contributed by atoms with Crippen molar-refractivity contribution in [2.24, 2.45) is 0 Å². The normalized spacial score (nSPS) is 26.6. The van der Waals surface area contributed by atoms with E-state index in [0.29, 0.717) is 0 Å². The molecule has 1 saturated heterocycles. The van der Waals surface area contributed by atoms with E-state index in [-0.39, 0.29) is 5.91 Å². The zero-order valence-corrected chi connectivity index (χ0v) is 6.21. The quantitative estimate of drug-likeness (QED) is 0.531. The van der Waals surface area contributed by atoms with Crippen LogP contribution in [0.1, 0.15) is 26.2 Å². The maximum absolute atomic E-state index is 10.8. The summed E-state index contributed by atoms with van der Waals surface area (Å²) in [6, 6.07) is 0. The number of rotatable bonds is 0. The smallest absolute Gasteiger partial charge is 0.221 e. The van der Waals surface area contributed by atoms with Gasteiger partial charge in [0.15, 0.2) is 0 Å². The Balaban J connectivity index is 2.47. The standard InChI is InChI=1S/C7H13NO2/c1-6(9)8-5-3-2-4-7(8)10/h7,10H,2-5H2,1H3. The highest BCUT2D eigenvalue weighted by molar-refractivity contribution is 5.73. The Kier molecular flexibility index (Phi) is 2.27. The van der Waals surface area contributed by atoms with Gasteiger partial charge in [0, 0.05) is 13.5 Å². The third-order valence-electron chi connectivity index (χ3n) is 1.88. The van der Waals surface area contributed by atoms with Crippen molar-refractivity contribution in [1.29, 1.82) is 0 Å². The summed E-state index contributed by atoms with van der Waals surface area (Å²) in [5.74, 6) is -0.0211. The summed E-state index contributed by atoms with van der Waals surface area (Å²) < 4.78 is 0. The van der Waals surface area contributed by atoms with E-state index in [1.165, 1.54) is 11.8 Å². The molecule has 3 heteroatoms. The van der Waals surface area contributed by atoms with E-state index in [9.17, 15) is 9.90 Å². The van der Waals surface area contributed by atoms with E-state index in [2.05, 4.69) is 0 Å². The lowest BCUT2D eigenvalue weighted by molar-refractivity contribution is -0.141.